The lowest BCUT2D eigenvalue weighted by atomic mass is 10.2. The SMILES string of the molecule is C[C@H]1CN(c2ccccn2)CCN1c1ncc(NC(=O)c2ccc(OCCF)cc2)cn1. The number of carbonyl (C=O) groups is 1. The first-order valence-electron chi connectivity index (χ1n) is 10.5. The van der Waals surface area contributed by atoms with E-state index in [1.807, 2.05) is 18.2 Å². The molecule has 4 rings (SSSR count). The Morgan fingerprint density at radius 2 is 1.91 bits per heavy atom. The Bertz CT molecular complexity index is 1020. The van der Waals surface area contributed by atoms with Gasteiger partial charge in [0.05, 0.1) is 18.1 Å². The van der Waals surface area contributed by atoms with Gasteiger partial charge in [0.2, 0.25) is 5.95 Å². The summed E-state index contributed by atoms with van der Waals surface area (Å²) < 4.78 is 17.4. The summed E-state index contributed by atoms with van der Waals surface area (Å²) in [5.41, 5.74) is 0.970. The zero-order valence-corrected chi connectivity index (χ0v) is 17.8. The number of benzene rings is 1. The van der Waals surface area contributed by atoms with Gasteiger partial charge < -0.3 is 19.9 Å². The lowest BCUT2D eigenvalue weighted by Gasteiger charge is -2.40. The van der Waals surface area contributed by atoms with Crippen molar-refractivity contribution < 1.29 is 13.9 Å². The average Bonchev–Trinajstić information content (AvgIpc) is 2.84. The maximum absolute atomic E-state index is 12.5. The number of pyridine rings is 1. The fourth-order valence-electron chi connectivity index (χ4n) is 3.60. The standard InChI is InChI=1S/C23H25FN6O2/c1-17-16-29(21-4-2-3-10-25-21)11-12-30(17)23-26-14-19(15-27-23)28-22(31)18-5-7-20(8-6-18)32-13-9-24/h2-8,10,14-15,17H,9,11-13,16H2,1H3,(H,28,31)/t17-/m0/s1. The van der Waals surface area contributed by atoms with Crippen molar-refractivity contribution >= 4 is 23.4 Å². The van der Waals surface area contributed by atoms with Gasteiger partial charge in [-0.3, -0.25) is 4.79 Å². The van der Waals surface area contributed by atoms with Crippen LogP contribution >= 0.6 is 0 Å². The molecular weight excluding hydrogens is 411 g/mol. The molecule has 1 aliphatic heterocycles. The van der Waals surface area contributed by atoms with Crippen LogP contribution < -0.4 is 19.9 Å². The lowest BCUT2D eigenvalue weighted by molar-refractivity contribution is 0.102. The predicted octanol–water partition coefficient (Wildman–Crippen LogP) is 3.19. The van der Waals surface area contributed by atoms with Gasteiger partial charge in [0.1, 0.15) is 24.8 Å². The first-order valence-corrected chi connectivity index (χ1v) is 10.5. The summed E-state index contributed by atoms with van der Waals surface area (Å²) in [5, 5.41) is 2.79. The van der Waals surface area contributed by atoms with E-state index < -0.39 is 6.67 Å². The third-order valence-corrected chi connectivity index (χ3v) is 5.22. The summed E-state index contributed by atoms with van der Waals surface area (Å²) in [6, 6.07) is 12.7. The van der Waals surface area contributed by atoms with E-state index in [0.717, 1.165) is 25.5 Å². The average molecular weight is 436 g/mol. The van der Waals surface area contributed by atoms with Gasteiger partial charge in [-0.2, -0.15) is 0 Å². The van der Waals surface area contributed by atoms with Gasteiger partial charge in [-0.25, -0.2) is 19.3 Å². The Morgan fingerprint density at radius 3 is 2.56 bits per heavy atom. The molecular formula is C23H25FN6O2. The summed E-state index contributed by atoms with van der Waals surface area (Å²) in [6.07, 6.45) is 5.02. The monoisotopic (exact) mass is 436 g/mol. The Labute approximate surface area is 186 Å². The highest BCUT2D eigenvalue weighted by Gasteiger charge is 2.26. The normalized spacial score (nSPS) is 16.0. The van der Waals surface area contributed by atoms with Crippen LogP contribution in [0.15, 0.2) is 61.1 Å². The van der Waals surface area contributed by atoms with Crippen LogP contribution in [-0.2, 0) is 0 Å². The van der Waals surface area contributed by atoms with Crippen molar-refractivity contribution in [2.45, 2.75) is 13.0 Å². The number of anilines is 3. The van der Waals surface area contributed by atoms with Crippen molar-refractivity contribution in [2.75, 3.05) is 48.0 Å². The molecule has 3 aromatic rings. The van der Waals surface area contributed by atoms with Gasteiger partial charge in [-0.1, -0.05) is 6.07 Å². The van der Waals surface area contributed by atoms with Crippen LogP contribution in [0.25, 0.3) is 0 Å². The Kier molecular flexibility index (Phi) is 6.74. The fourth-order valence-corrected chi connectivity index (χ4v) is 3.60. The number of hydrogen-bond donors (Lipinski definition) is 1. The van der Waals surface area contributed by atoms with Crippen LogP contribution in [0.5, 0.6) is 5.75 Å². The Balaban J connectivity index is 1.34. The van der Waals surface area contributed by atoms with Gasteiger partial charge in [0, 0.05) is 37.4 Å². The van der Waals surface area contributed by atoms with Gasteiger partial charge in [-0.15, -0.1) is 0 Å². The molecule has 1 amide bonds. The topological polar surface area (TPSA) is 83.5 Å². The van der Waals surface area contributed by atoms with E-state index in [-0.39, 0.29) is 18.6 Å². The third-order valence-electron chi connectivity index (χ3n) is 5.22. The number of carbonyl (C=O) groups excluding carboxylic acids is 1. The number of alkyl halides is 1. The molecule has 1 atom stereocenters. The smallest absolute Gasteiger partial charge is 0.255 e. The minimum atomic E-state index is -0.559. The molecule has 0 radical (unpaired) electrons. The van der Waals surface area contributed by atoms with E-state index in [2.05, 4.69) is 37.0 Å². The molecule has 9 heteroatoms. The highest BCUT2D eigenvalue weighted by molar-refractivity contribution is 6.04. The molecule has 0 aliphatic carbocycles. The van der Waals surface area contributed by atoms with Crippen molar-refractivity contribution in [2.24, 2.45) is 0 Å². The first kappa shape index (κ1) is 21.5. The molecule has 1 N–H and O–H groups in total. The molecule has 3 heterocycles. The van der Waals surface area contributed by atoms with E-state index >= 15 is 0 Å². The number of nitrogens with one attached hydrogen (secondary N) is 1. The molecule has 2 aromatic heterocycles. The van der Waals surface area contributed by atoms with Crippen molar-refractivity contribution in [3.8, 4) is 5.75 Å². The summed E-state index contributed by atoms with van der Waals surface area (Å²) in [5.74, 6) is 1.84. The molecule has 1 aromatic carbocycles. The van der Waals surface area contributed by atoms with E-state index in [1.165, 1.54) is 0 Å². The number of halogens is 1. The second kappa shape index (κ2) is 10.0. The highest BCUT2D eigenvalue weighted by Crippen LogP contribution is 2.21. The fraction of sp³-hybridized carbons (Fsp3) is 0.304. The maximum Gasteiger partial charge on any atom is 0.255 e. The summed E-state index contributed by atoms with van der Waals surface area (Å²) in [6.45, 7) is 4.00. The first-order chi connectivity index (χ1) is 15.6. The van der Waals surface area contributed by atoms with E-state index in [0.29, 0.717) is 22.9 Å². The molecule has 1 saturated heterocycles. The number of amides is 1. The number of hydrogen-bond acceptors (Lipinski definition) is 7. The van der Waals surface area contributed by atoms with Crippen molar-refractivity contribution in [3.05, 3.63) is 66.6 Å². The third kappa shape index (κ3) is 5.11. The molecule has 166 valence electrons. The number of rotatable bonds is 7. The Hall–Kier alpha value is -3.75. The highest BCUT2D eigenvalue weighted by atomic mass is 19.1. The maximum atomic E-state index is 12.5. The minimum absolute atomic E-state index is 0.00790. The predicted molar refractivity (Wildman–Crippen MR) is 121 cm³/mol. The molecule has 1 aliphatic rings. The number of nitrogens with zero attached hydrogens (tertiary/aromatic N) is 5. The second-order valence-corrected chi connectivity index (χ2v) is 7.46. The summed E-state index contributed by atoms with van der Waals surface area (Å²) >= 11 is 0. The van der Waals surface area contributed by atoms with Crippen molar-refractivity contribution in [1.29, 1.82) is 0 Å². The minimum Gasteiger partial charge on any atom is -0.491 e. The van der Waals surface area contributed by atoms with Gasteiger partial charge in [0.15, 0.2) is 0 Å². The lowest BCUT2D eigenvalue weighted by Crippen LogP contribution is -2.53. The van der Waals surface area contributed by atoms with Gasteiger partial charge >= 0.3 is 0 Å². The number of aromatic nitrogens is 3. The quantitative estimate of drug-likeness (QED) is 0.609. The number of ether oxygens (including phenoxy) is 1. The summed E-state index contributed by atoms with van der Waals surface area (Å²) in [7, 11) is 0. The zero-order chi connectivity index (χ0) is 22.3. The van der Waals surface area contributed by atoms with E-state index in [1.54, 1.807) is 42.9 Å². The summed E-state index contributed by atoms with van der Waals surface area (Å²) in [4.78, 5) is 30.2. The van der Waals surface area contributed by atoms with Crippen LogP contribution in [0.2, 0.25) is 0 Å². The molecule has 8 nitrogen and oxygen atoms in total. The Morgan fingerprint density at radius 1 is 1.12 bits per heavy atom. The zero-order valence-electron chi connectivity index (χ0n) is 17.8. The molecule has 0 unspecified atom stereocenters. The van der Waals surface area contributed by atoms with E-state index in [4.69, 9.17) is 4.74 Å². The van der Waals surface area contributed by atoms with Crippen LogP contribution in [-0.4, -0.2) is 59.8 Å². The molecule has 0 saturated carbocycles. The van der Waals surface area contributed by atoms with Crippen LogP contribution in [0.1, 0.15) is 17.3 Å². The van der Waals surface area contributed by atoms with Crippen molar-refractivity contribution in [3.63, 3.8) is 0 Å². The second-order valence-electron chi connectivity index (χ2n) is 7.46. The van der Waals surface area contributed by atoms with Gasteiger partial charge in [0.25, 0.3) is 5.91 Å². The van der Waals surface area contributed by atoms with Gasteiger partial charge in [-0.05, 0) is 43.3 Å². The molecule has 1 fully saturated rings. The van der Waals surface area contributed by atoms with Crippen LogP contribution in [0.4, 0.5) is 21.8 Å². The molecule has 32 heavy (non-hydrogen) atoms. The van der Waals surface area contributed by atoms with Crippen LogP contribution in [0.3, 0.4) is 0 Å². The van der Waals surface area contributed by atoms with E-state index in [9.17, 15) is 9.18 Å². The van der Waals surface area contributed by atoms with Crippen molar-refractivity contribution in [1.82, 2.24) is 15.0 Å². The van der Waals surface area contributed by atoms with Crippen LogP contribution in [0, 0.1) is 0 Å². The largest absolute Gasteiger partial charge is 0.491 e. The molecule has 0 spiro atoms. The molecule has 0 bridgehead atoms. The number of piperazine rings is 1.